The zero-order valence-corrected chi connectivity index (χ0v) is 13.5. The molecule has 24 heavy (non-hydrogen) atoms. The summed E-state index contributed by atoms with van der Waals surface area (Å²) in [5, 5.41) is 0.733. The van der Waals surface area contributed by atoms with Crippen LogP contribution in [0, 0.1) is 6.92 Å². The van der Waals surface area contributed by atoms with E-state index in [1.807, 2.05) is 24.3 Å². The van der Waals surface area contributed by atoms with Crippen molar-refractivity contribution in [3.8, 4) is 5.75 Å². The largest absolute Gasteiger partial charge is 0.484 e. The molecule has 0 saturated carbocycles. The van der Waals surface area contributed by atoms with Crippen LogP contribution in [0.5, 0.6) is 5.75 Å². The third-order valence-electron chi connectivity index (χ3n) is 3.23. The molecule has 0 spiro atoms. The van der Waals surface area contributed by atoms with E-state index in [0.717, 1.165) is 16.2 Å². The number of rotatable bonds is 5. The van der Waals surface area contributed by atoms with E-state index in [9.17, 15) is 13.2 Å². The van der Waals surface area contributed by atoms with Crippen molar-refractivity contribution in [3.63, 3.8) is 0 Å². The van der Waals surface area contributed by atoms with Crippen molar-refractivity contribution in [3.05, 3.63) is 47.8 Å². The fraction of sp³-hybridized carbons (Fsp3) is 0.250. The number of alkyl halides is 3. The van der Waals surface area contributed by atoms with Crippen LogP contribution in [0.3, 0.4) is 0 Å². The van der Waals surface area contributed by atoms with Crippen molar-refractivity contribution < 1.29 is 17.9 Å². The van der Waals surface area contributed by atoms with Gasteiger partial charge in [-0.05, 0) is 19.1 Å². The number of halogens is 3. The molecule has 2 aromatic heterocycles. The van der Waals surface area contributed by atoms with Gasteiger partial charge < -0.3 is 9.72 Å². The SMILES string of the molecule is Cc1cnc(CSc2nc3ccccc3[nH]2)cc1OCC(F)(F)F. The van der Waals surface area contributed by atoms with Gasteiger partial charge in [0.15, 0.2) is 11.8 Å². The van der Waals surface area contributed by atoms with E-state index in [0.29, 0.717) is 17.0 Å². The van der Waals surface area contributed by atoms with Crippen LogP contribution in [0.2, 0.25) is 0 Å². The second kappa shape index (κ2) is 6.72. The Balaban J connectivity index is 1.68. The van der Waals surface area contributed by atoms with Crippen LogP contribution in [0.15, 0.2) is 41.7 Å². The molecule has 2 heterocycles. The number of fused-ring (bicyclic) bond motifs is 1. The Hall–Kier alpha value is -2.22. The second-order valence-corrected chi connectivity index (χ2v) is 6.16. The van der Waals surface area contributed by atoms with Gasteiger partial charge in [-0.15, -0.1) is 0 Å². The maximum atomic E-state index is 12.3. The van der Waals surface area contributed by atoms with Gasteiger partial charge in [0.05, 0.1) is 16.7 Å². The van der Waals surface area contributed by atoms with Gasteiger partial charge in [0.1, 0.15) is 5.75 Å². The molecule has 0 aliphatic heterocycles. The number of hydrogen-bond donors (Lipinski definition) is 1. The molecule has 1 N–H and O–H groups in total. The van der Waals surface area contributed by atoms with Crippen LogP contribution in [-0.2, 0) is 5.75 Å². The van der Waals surface area contributed by atoms with Crippen LogP contribution in [0.4, 0.5) is 13.2 Å². The summed E-state index contributed by atoms with van der Waals surface area (Å²) in [4.78, 5) is 11.8. The molecule has 3 rings (SSSR count). The van der Waals surface area contributed by atoms with Crippen molar-refractivity contribution in [2.45, 2.75) is 24.0 Å². The molecule has 0 atom stereocenters. The van der Waals surface area contributed by atoms with E-state index < -0.39 is 12.8 Å². The minimum Gasteiger partial charge on any atom is -0.484 e. The summed E-state index contributed by atoms with van der Waals surface area (Å²) in [5.41, 5.74) is 3.00. The molecule has 0 radical (unpaired) electrons. The van der Waals surface area contributed by atoms with Crippen LogP contribution in [-0.4, -0.2) is 27.7 Å². The van der Waals surface area contributed by atoms with Gasteiger partial charge in [-0.25, -0.2) is 4.98 Å². The number of nitrogens with zero attached hydrogens (tertiary/aromatic N) is 2. The van der Waals surface area contributed by atoms with Crippen LogP contribution in [0.1, 0.15) is 11.3 Å². The first-order valence-corrected chi connectivity index (χ1v) is 8.12. The van der Waals surface area contributed by atoms with E-state index in [2.05, 4.69) is 15.0 Å². The van der Waals surface area contributed by atoms with Gasteiger partial charge in [-0.1, -0.05) is 23.9 Å². The second-order valence-electron chi connectivity index (χ2n) is 5.19. The first kappa shape index (κ1) is 16.6. The molecule has 0 fully saturated rings. The topological polar surface area (TPSA) is 50.8 Å². The molecule has 0 unspecified atom stereocenters. The highest BCUT2D eigenvalue weighted by Crippen LogP contribution is 2.26. The quantitative estimate of drug-likeness (QED) is 0.686. The number of H-pyrrole nitrogens is 1. The first-order chi connectivity index (χ1) is 11.4. The molecule has 0 aliphatic carbocycles. The maximum Gasteiger partial charge on any atom is 0.422 e. The molecule has 0 saturated heterocycles. The lowest BCUT2D eigenvalue weighted by atomic mass is 10.2. The number of thioether (sulfide) groups is 1. The van der Waals surface area contributed by atoms with Gasteiger partial charge in [0.25, 0.3) is 0 Å². The third kappa shape index (κ3) is 4.19. The molecule has 0 aliphatic rings. The summed E-state index contributed by atoms with van der Waals surface area (Å²) in [6.07, 6.45) is -2.85. The van der Waals surface area contributed by atoms with Gasteiger partial charge in [0, 0.05) is 23.6 Å². The Labute approximate surface area is 140 Å². The molecule has 0 bridgehead atoms. The maximum absolute atomic E-state index is 12.3. The summed E-state index contributed by atoms with van der Waals surface area (Å²) in [6, 6.07) is 9.20. The number of aryl methyl sites for hydroxylation is 1. The number of aromatic amines is 1. The number of nitrogens with one attached hydrogen (secondary N) is 1. The number of para-hydroxylation sites is 2. The lowest BCUT2D eigenvalue weighted by Crippen LogP contribution is -2.19. The van der Waals surface area contributed by atoms with Crippen LogP contribution >= 0.6 is 11.8 Å². The zero-order chi connectivity index (χ0) is 17.2. The predicted molar refractivity (Wildman–Crippen MR) is 86.2 cm³/mol. The van der Waals surface area contributed by atoms with Crippen molar-refractivity contribution in [2.75, 3.05) is 6.61 Å². The van der Waals surface area contributed by atoms with Crippen molar-refractivity contribution in [1.82, 2.24) is 15.0 Å². The summed E-state index contributed by atoms with van der Waals surface area (Å²) >= 11 is 1.43. The number of pyridine rings is 1. The van der Waals surface area contributed by atoms with Gasteiger partial charge in [0.2, 0.25) is 0 Å². The molecule has 126 valence electrons. The van der Waals surface area contributed by atoms with E-state index in [1.165, 1.54) is 24.0 Å². The predicted octanol–water partition coefficient (Wildman–Crippen LogP) is 4.50. The molecular weight excluding hydrogens is 339 g/mol. The first-order valence-electron chi connectivity index (χ1n) is 7.13. The Kier molecular flexibility index (Phi) is 4.66. The standard InChI is InChI=1S/C16H14F3N3OS/c1-10-7-20-11(6-14(10)23-9-16(17,18)19)8-24-15-21-12-4-2-3-5-13(12)22-15/h2-7H,8-9H2,1H3,(H,21,22). The lowest BCUT2D eigenvalue weighted by Gasteiger charge is -2.12. The van der Waals surface area contributed by atoms with E-state index in [-0.39, 0.29) is 5.75 Å². The summed E-state index contributed by atoms with van der Waals surface area (Å²) in [5.74, 6) is 0.671. The van der Waals surface area contributed by atoms with E-state index >= 15 is 0 Å². The molecule has 8 heteroatoms. The van der Waals surface area contributed by atoms with E-state index in [1.54, 1.807) is 6.92 Å². The highest BCUT2D eigenvalue weighted by Gasteiger charge is 2.28. The molecular formula is C16H14F3N3OS. The fourth-order valence-corrected chi connectivity index (χ4v) is 2.87. The molecule has 0 amide bonds. The zero-order valence-electron chi connectivity index (χ0n) is 12.7. The number of ether oxygens (including phenoxy) is 1. The van der Waals surface area contributed by atoms with Gasteiger partial charge >= 0.3 is 6.18 Å². The Morgan fingerprint density at radius 1 is 1.25 bits per heavy atom. The highest BCUT2D eigenvalue weighted by molar-refractivity contribution is 7.98. The van der Waals surface area contributed by atoms with Gasteiger partial charge in [-0.2, -0.15) is 13.2 Å². The average Bonchev–Trinajstić information content (AvgIpc) is 2.95. The van der Waals surface area contributed by atoms with Crippen molar-refractivity contribution in [2.24, 2.45) is 0 Å². The Morgan fingerprint density at radius 2 is 2.04 bits per heavy atom. The molecule has 4 nitrogen and oxygen atoms in total. The summed E-state index contributed by atoms with van der Waals surface area (Å²) in [6.45, 7) is 0.350. The Morgan fingerprint density at radius 3 is 2.79 bits per heavy atom. The minimum absolute atomic E-state index is 0.197. The van der Waals surface area contributed by atoms with Crippen LogP contribution < -0.4 is 4.74 Å². The Bertz CT molecular complexity index is 815. The lowest BCUT2D eigenvalue weighted by molar-refractivity contribution is -0.153. The van der Waals surface area contributed by atoms with Crippen molar-refractivity contribution in [1.29, 1.82) is 0 Å². The third-order valence-corrected chi connectivity index (χ3v) is 4.13. The number of hydrogen-bond acceptors (Lipinski definition) is 4. The van der Waals surface area contributed by atoms with Crippen LogP contribution in [0.25, 0.3) is 11.0 Å². The molecule has 3 aromatic rings. The fourth-order valence-electron chi connectivity index (χ4n) is 2.08. The number of imidazole rings is 1. The molecule has 1 aromatic carbocycles. The van der Waals surface area contributed by atoms with Gasteiger partial charge in [-0.3, -0.25) is 4.98 Å². The highest BCUT2D eigenvalue weighted by atomic mass is 32.2. The smallest absolute Gasteiger partial charge is 0.422 e. The summed E-state index contributed by atoms with van der Waals surface area (Å²) < 4.78 is 41.7. The summed E-state index contributed by atoms with van der Waals surface area (Å²) in [7, 11) is 0. The van der Waals surface area contributed by atoms with E-state index in [4.69, 9.17) is 4.74 Å². The van der Waals surface area contributed by atoms with Crippen molar-refractivity contribution >= 4 is 22.8 Å². The number of aromatic nitrogens is 3. The normalized spacial score (nSPS) is 11.8. The minimum atomic E-state index is -4.36. The number of benzene rings is 1. The average molecular weight is 353 g/mol. The monoisotopic (exact) mass is 353 g/mol.